The molecular weight excluding hydrogens is 672 g/mol. The fourth-order valence-corrected chi connectivity index (χ4v) is 10.1. The van der Waals surface area contributed by atoms with Crippen LogP contribution >= 0.6 is 0 Å². The summed E-state index contributed by atoms with van der Waals surface area (Å²) in [6.45, 7) is 12.6. The van der Waals surface area contributed by atoms with Crippen molar-refractivity contribution in [1.29, 1.82) is 0 Å². The largest absolute Gasteiger partial charge is 0.394 e. The monoisotopic (exact) mass is 732 g/mol. The molecular formula is C40H60O12. The Bertz CT molecular complexity index is 1320. The van der Waals surface area contributed by atoms with Crippen LogP contribution in [-0.2, 0) is 38.0 Å². The summed E-state index contributed by atoms with van der Waals surface area (Å²) in [6, 6.07) is 0. The molecule has 0 aromatic heterocycles. The summed E-state index contributed by atoms with van der Waals surface area (Å²) in [5, 5.41) is 42.5. The van der Waals surface area contributed by atoms with E-state index in [1.165, 1.54) is 0 Å². The van der Waals surface area contributed by atoms with Crippen LogP contribution in [0.25, 0.3) is 0 Å². The summed E-state index contributed by atoms with van der Waals surface area (Å²) < 4.78 is 38.4. The van der Waals surface area contributed by atoms with Crippen LogP contribution in [0.1, 0.15) is 97.3 Å². The second-order valence-corrected chi connectivity index (χ2v) is 17.0. The van der Waals surface area contributed by atoms with Gasteiger partial charge in [0.25, 0.3) is 0 Å². The molecule has 7 rings (SSSR count). The fraction of sp³-hybridized carbons (Fsp3) is 0.850. The van der Waals surface area contributed by atoms with Gasteiger partial charge in [-0.05, 0) is 73.8 Å². The second-order valence-electron chi connectivity index (χ2n) is 17.0. The number of hydrogen-bond donors (Lipinski definition) is 4. The van der Waals surface area contributed by atoms with Crippen LogP contribution in [0.5, 0.6) is 0 Å². The van der Waals surface area contributed by atoms with Gasteiger partial charge in [0.15, 0.2) is 0 Å². The number of carbonyl (C=O) groups is 2. The first-order valence-corrected chi connectivity index (χ1v) is 19.9. The number of hydrogen-bond acceptors (Lipinski definition) is 12. The molecule has 12 nitrogen and oxygen atoms in total. The molecule has 0 amide bonds. The lowest BCUT2D eigenvalue weighted by Gasteiger charge is -2.46. The number of carbonyl (C=O) groups excluding carboxylic acids is 2. The predicted molar refractivity (Wildman–Crippen MR) is 187 cm³/mol. The van der Waals surface area contributed by atoms with Crippen molar-refractivity contribution in [2.45, 2.75) is 189 Å². The first kappa shape index (κ1) is 38.7. The van der Waals surface area contributed by atoms with Gasteiger partial charge in [0.1, 0.15) is 42.1 Å². The van der Waals surface area contributed by atoms with Gasteiger partial charge >= 0.3 is 0 Å². The van der Waals surface area contributed by atoms with Crippen molar-refractivity contribution in [1.82, 2.24) is 0 Å². The average Bonchev–Trinajstić information content (AvgIpc) is 3.73. The van der Waals surface area contributed by atoms with Gasteiger partial charge in [0.05, 0.1) is 67.6 Å². The summed E-state index contributed by atoms with van der Waals surface area (Å²) in [7, 11) is 0. The molecule has 292 valence electrons. The molecule has 52 heavy (non-hydrogen) atoms. The van der Waals surface area contributed by atoms with E-state index in [4.69, 9.17) is 28.4 Å². The molecule has 18 atom stereocenters. The highest BCUT2D eigenvalue weighted by Gasteiger charge is 2.57. The molecule has 0 saturated carbocycles. The standard InChI is InChI=1S/C40H60O12/c1-19-11-27-7-9-30-20(2)12-26(47-30)6-5-23(42)15-35-36(45)39-40(52-35)37(46)38-31(51-39)10-8-28(49-38)13-24(43)14-29-22(4)32(16-25(44)18-41)50-34(29)17-33(48-27)21(19)3/h19,22,25-41,44-46H,2-3,5-18H2,1,4H3/t19-,22-,25+,26?,27+,28?,29-,30+,31+,32-,33-,34+,35?,36+,37+,38+,39+,40+/m1/s1. The second kappa shape index (κ2) is 16.3. The van der Waals surface area contributed by atoms with Crippen LogP contribution in [0.4, 0.5) is 0 Å². The molecule has 0 aliphatic carbocycles. The SMILES string of the molecule is C=C1CC2CCC(=O)CC3O[C@H]4[C@@H](O)[C@H]5OC(CC[C@@H]5O[C@H]4[C@H]3O)CC(=O)C[C@@H]3[C@@H](C)[C@@H](C[C@H](O)CO)O[C@H]3C[C@H]3O[C@@H](CC[C@@H]1O2)C[C@@H](C)C3=C. The molecule has 12 heteroatoms. The minimum absolute atomic E-state index is 0.00785. The number of Topliss-reactive ketones (excluding diaryl/α,β-unsaturated/α-hetero) is 2. The molecule has 7 heterocycles. The Balaban J connectivity index is 1.10. The molecule has 0 spiro atoms. The summed E-state index contributed by atoms with van der Waals surface area (Å²) in [5.74, 6) is 0.0495. The first-order valence-electron chi connectivity index (χ1n) is 19.9. The molecule has 8 bridgehead atoms. The van der Waals surface area contributed by atoms with Gasteiger partial charge in [-0.3, -0.25) is 9.59 Å². The molecule has 3 unspecified atom stereocenters. The van der Waals surface area contributed by atoms with E-state index in [0.717, 1.165) is 30.4 Å². The maximum Gasteiger partial charge on any atom is 0.135 e. The smallest absolute Gasteiger partial charge is 0.135 e. The van der Waals surface area contributed by atoms with E-state index >= 15 is 0 Å². The van der Waals surface area contributed by atoms with E-state index < -0.39 is 54.9 Å². The van der Waals surface area contributed by atoms with Crippen LogP contribution in [0.2, 0.25) is 0 Å². The van der Waals surface area contributed by atoms with E-state index in [1.54, 1.807) is 0 Å². The normalized spacial score (nSPS) is 48.4. The lowest BCUT2D eigenvalue weighted by Crippen LogP contribution is -2.61. The van der Waals surface area contributed by atoms with Crippen molar-refractivity contribution in [3.8, 4) is 0 Å². The Morgan fingerprint density at radius 2 is 1.40 bits per heavy atom. The van der Waals surface area contributed by atoms with E-state index in [2.05, 4.69) is 27.0 Å². The van der Waals surface area contributed by atoms with E-state index in [9.17, 15) is 30.0 Å². The van der Waals surface area contributed by atoms with Crippen molar-refractivity contribution < 1.29 is 58.4 Å². The summed E-state index contributed by atoms with van der Waals surface area (Å²) in [6.07, 6.45) is -1.85. The number of fused-ring (bicyclic) bond motifs is 7. The minimum atomic E-state index is -1.08. The third-order valence-corrected chi connectivity index (χ3v) is 13.3. The van der Waals surface area contributed by atoms with Gasteiger partial charge in [-0.15, -0.1) is 0 Å². The van der Waals surface area contributed by atoms with Crippen molar-refractivity contribution in [3.63, 3.8) is 0 Å². The lowest BCUT2D eigenvalue weighted by atomic mass is 9.79. The molecule has 0 aromatic carbocycles. The van der Waals surface area contributed by atoms with Crippen molar-refractivity contribution >= 4 is 11.6 Å². The van der Waals surface area contributed by atoms with Gasteiger partial charge < -0.3 is 48.8 Å². The van der Waals surface area contributed by atoms with E-state index in [0.29, 0.717) is 32.1 Å². The van der Waals surface area contributed by atoms with Crippen LogP contribution in [0.3, 0.4) is 0 Å². The van der Waals surface area contributed by atoms with Gasteiger partial charge in [-0.25, -0.2) is 0 Å². The summed E-state index contributed by atoms with van der Waals surface area (Å²) in [5.41, 5.74) is 2.04. The molecule has 7 aliphatic rings. The zero-order chi connectivity index (χ0) is 36.8. The van der Waals surface area contributed by atoms with Crippen molar-refractivity contribution in [2.24, 2.45) is 17.8 Å². The predicted octanol–water partition coefficient (Wildman–Crippen LogP) is 2.89. The Morgan fingerprint density at radius 3 is 2.19 bits per heavy atom. The van der Waals surface area contributed by atoms with Crippen molar-refractivity contribution in [3.05, 3.63) is 24.3 Å². The number of rotatable bonds is 3. The lowest BCUT2D eigenvalue weighted by molar-refractivity contribution is -0.259. The average molecular weight is 733 g/mol. The van der Waals surface area contributed by atoms with E-state index in [1.807, 2.05) is 0 Å². The number of aliphatic hydroxyl groups is 4. The first-order chi connectivity index (χ1) is 24.9. The van der Waals surface area contributed by atoms with Crippen LogP contribution in [0, 0.1) is 17.8 Å². The highest BCUT2D eigenvalue weighted by atomic mass is 16.6. The third-order valence-electron chi connectivity index (χ3n) is 13.3. The van der Waals surface area contributed by atoms with Gasteiger partial charge in [-0.1, -0.05) is 27.0 Å². The van der Waals surface area contributed by atoms with Crippen LogP contribution < -0.4 is 0 Å². The Labute approximate surface area is 307 Å². The number of ether oxygens (including phenoxy) is 6. The molecule has 0 aromatic rings. The summed E-state index contributed by atoms with van der Waals surface area (Å²) in [4.78, 5) is 26.9. The highest BCUT2D eigenvalue weighted by molar-refractivity contribution is 5.79. The number of aliphatic hydroxyl groups excluding tert-OH is 4. The van der Waals surface area contributed by atoms with Crippen LogP contribution in [-0.4, -0.2) is 130 Å². The summed E-state index contributed by atoms with van der Waals surface area (Å²) >= 11 is 0. The van der Waals surface area contributed by atoms with E-state index in [-0.39, 0.29) is 105 Å². The molecule has 0 radical (unpaired) electrons. The van der Waals surface area contributed by atoms with Gasteiger partial charge in [0.2, 0.25) is 0 Å². The van der Waals surface area contributed by atoms with Gasteiger partial charge in [-0.2, -0.15) is 0 Å². The highest BCUT2D eigenvalue weighted by Crippen LogP contribution is 2.44. The topological polar surface area (TPSA) is 170 Å². The maximum atomic E-state index is 13.8. The van der Waals surface area contributed by atoms with Crippen molar-refractivity contribution in [2.75, 3.05) is 6.61 Å². The molecule has 7 fully saturated rings. The fourth-order valence-electron chi connectivity index (χ4n) is 10.1. The zero-order valence-electron chi connectivity index (χ0n) is 30.8. The molecule has 7 saturated heterocycles. The number of ketones is 2. The third kappa shape index (κ3) is 8.17. The Kier molecular flexibility index (Phi) is 12.1. The Morgan fingerprint density at radius 1 is 0.692 bits per heavy atom. The maximum absolute atomic E-state index is 13.8. The molecule has 7 aliphatic heterocycles. The Hall–Kier alpha value is -1.58. The quantitative estimate of drug-likeness (QED) is 0.314. The minimum Gasteiger partial charge on any atom is -0.394 e. The van der Waals surface area contributed by atoms with Crippen LogP contribution in [0.15, 0.2) is 24.3 Å². The molecule has 4 N–H and O–H groups in total. The van der Waals surface area contributed by atoms with Gasteiger partial charge in [0, 0.05) is 38.5 Å². The zero-order valence-corrected chi connectivity index (χ0v) is 30.8.